The summed E-state index contributed by atoms with van der Waals surface area (Å²) in [5.74, 6) is 0.167. The number of nitrogens with one attached hydrogen (secondary N) is 1. The fourth-order valence-corrected chi connectivity index (χ4v) is 1.88. The molecule has 15 heavy (non-hydrogen) atoms. The van der Waals surface area contributed by atoms with Crippen molar-refractivity contribution in [2.24, 2.45) is 0 Å². The highest BCUT2D eigenvalue weighted by Crippen LogP contribution is 2.27. The molecule has 1 N–H and O–H groups in total. The number of carbonyl (C=O) groups excluding carboxylic acids is 2. The molecule has 0 aromatic rings. The summed E-state index contributed by atoms with van der Waals surface area (Å²) in [7, 11) is 0. The Bertz CT molecular complexity index is 295. The second-order valence-corrected chi connectivity index (χ2v) is 5.16. The van der Waals surface area contributed by atoms with Crippen LogP contribution in [0.1, 0.15) is 39.5 Å². The van der Waals surface area contributed by atoms with Crippen molar-refractivity contribution < 1.29 is 9.59 Å². The SMILES string of the molecule is CC1(C)CCC(=O)CN1C(=O)NC1CC1. The molecular weight excluding hydrogens is 192 g/mol. The summed E-state index contributed by atoms with van der Waals surface area (Å²) in [6.45, 7) is 4.31. The maximum absolute atomic E-state index is 11.9. The number of urea groups is 1. The molecule has 0 radical (unpaired) electrons. The molecule has 84 valence electrons. The molecule has 2 amide bonds. The third kappa shape index (κ3) is 2.30. The molecule has 1 saturated heterocycles. The first-order chi connectivity index (χ1) is 6.99. The van der Waals surface area contributed by atoms with Crippen molar-refractivity contribution in [1.82, 2.24) is 10.2 Å². The second-order valence-electron chi connectivity index (χ2n) is 5.16. The summed E-state index contributed by atoms with van der Waals surface area (Å²) in [5, 5.41) is 2.93. The Hall–Kier alpha value is -1.06. The van der Waals surface area contributed by atoms with Gasteiger partial charge < -0.3 is 10.2 Å². The molecule has 1 aliphatic carbocycles. The Morgan fingerprint density at radius 1 is 1.47 bits per heavy atom. The van der Waals surface area contributed by atoms with Gasteiger partial charge in [0, 0.05) is 18.0 Å². The summed E-state index contributed by atoms with van der Waals surface area (Å²) < 4.78 is 0. The first-order valence-electron chi connectivity index (χ1n) is 5.59. The maximum atomic E-state index is 11.9. The van der Waals surface area contributed by atoms with Crippen LogP contribution in [0.4, 0.5) is 4.79 Å². The van der Waals surface area contributed by atoms with Gasteiger partial charge in [0.15, 0.2) is 5.78 Å². The Labute approximate surface area is 90.0 Å². The number of carbonyl (C=O) groups is 2. The van der Waals surface area contributed by atoms with Crippen molar-refractivity contribution in [3.8, 4) is 0 Å². The average molecular weight is 210 g/mol. The number of rotatable bonds is 1. The van der Waals surface area contributed by atoms with E-state index < -0.39 is 0 Å². The summed E-state index contributed by atoms with van der Waals surface area (Å²) in [4.78, 5) is 24.9. The van der Waals surface area contributed by atoms with E-state index in [1.54, 1.807) is 4.90 Å². The molecule has 0 spiro atoms. The molecule has 2 fully saturated rings. The minimum absolute atomic E-state index is 0.0736. The van der Waals surface area contributed by atoms with E-state index in [0.29, 0.717) is 12.5 Å². The number of hydrogen-bond acceptors (Lipinski definition) is 2. The van der Waals surface area contributed by atoms with Gasteiger partial charge in [0.2, 0.25) is 0 Å². The van der Waals surface area contributed by atoms with Gasteiger partial charge in [-0.05, 0) is 33.1 Å². The quantitative estimate of drug-likeness (QED) is 0.709. The van der Waals surface area contributed by atoms with Crippen LogP contribution in [0.3, 0.4) is 0 Å². The number of piperidine rings is 1. The second kappa shape index (κ2) is 3.51. The molecule has 0 atom stereocenters. The van der Waals surface area contributed by atoms with Gasteiger partial charge in [0.1, 0.15) is 0 Å². The van der Waals surface area contributed by atoms with Gasteiger partial charge in [-0.1, -0.05) is 0 Å². The zero-order chi connectivity index (χ0) is 11.1. The van der Waals surface area contributed by atoms with Crippen LogP contribution < -0.4 is 5.32 Å². The van der Waals surface area contributed by atoms with Crippen LogP contribution in [-0.4, -0.2) is 34.8 Å². The van der Waals surface area contributed by atoms with Gasteiger partial charge in [-0.25, -0.2) is 4.79 Å². The smallest absolute Gasteiger partial charge is 0.318 e. The van der Waals surface area contributed by atoms with Crippen LogP contribution in [-0.2, 0) is 4.79 Å². The molecule has 0 aromatic carbocycles. The largest absolute Gasteiger partial charge is 0.335 e. The van der Waals surface area contributed by atoms with Gasteiger partial charge in [0.25, 0.3) is 0 Å². The molecule has 1 heterocycles. The number of Topliss-reactive ketones (excluding diaryl/α,β-unsaturated/α-hetero) is 1. The van der Waals surface area contributed by atoms with Crippen LogP contribution in [0.15, 0.2) is 0 Å². The lowest BCUT2D eigenvalue weighted by atomic mass is 9.90. The predicted octanol–water partition coefficient (Wildman–Crippen LogP) is 1.30. The standard InChI is InChI=1S/C11H18N2O2/c1-11(2)6-5-9(14)7-13(11)10(15)12-8-3-4-8/h8H,3-7H2,1-2H3,(H,12,15). The van der Waals surface area contributed by atoms with Crippen LogP contribution in [0.5, 0.6) is 0 Å². The van der Waals surface area contributed by atoms with E-state index in [4.69, 9.17) is 0 Å². The summed E-state index contributed by atoms with van der Waals surface area (Å²) in [6, 6.07) is 0.279. The third-order valence-electron chi connectivity index (χ3n) is 3.23. The van der Waals surface area contributed by atoms with E-state index in [2.05, 4.69) is 5.32 Å². The van der Waals surface area contributed by atoms with Gasteiger partial charge in [-0.2, -0.15) is 0 Å². The van der Waals surface area contributed by atoms with Crippen LogP contribution in [0, 0.1) is 0 Å². The van der Waals surface area contributed by atoms with E-state index in [9.17, 15) is 9.59 Å². The van der Waals surface area contributed by atoms with Crippen molar-refractivity contribution in [2.45, 2.75) is 51.1 Å². The Morgan fingerprint density at radius 2 is 2.13 bits per heavy atom. The van der Waals surface area contributed by atoms with Crippen molar-refractivity contribution in [3.05, 3.63) is 0 Å². The number of ketones is 1. The molecule has 1 saturated carbocycles. The Morgan fingerprint density at radius 3 is 2.73 bits per heavy atom. The van der Waals surface area contributed by atoms with E-state index in [1.807, 2.05) is 13.8 Å². The zero-order valence-corrected chi connectivity index (χ0v) is 9.38. The number of nitrogens with zero attached hydrogens (tertiary/aromatic N) is 1. The van der Waals surface area contributed by atoms with Crippen molar-refractivity contribution in [1.29, 1.82) is 0 Å². The van der Waals surface area contributed by atoms with Crippen LogP contribution in [0.2, 0.25) is 0 Å². The third-order valence-corrected chi connectivity index (χ3v) is 3.23. The van der Waals surface area contributed by atoms with Crippen LogP contribution >= 0.6 is 0 Å². The molecule has 0 unspecified atom stereocenters. The van der Waals surface area contributed by atoms with Crippen molar-refractivity contribution >= 4 is 11.8 Å². The lowest BCUT2D eigenvalue weighted by Gasteiger charge is -2.41. The molecular formula is C11H18N2O2. The van der Waals surface area contributed by atoms with Crippen molar-refractivity contribution in [2.75, 3.05) is 6.54 Å². The molecule has 1 aliphatic heterocycles. The van der Waals surface area contributed by atoms with Gasteiger partial charge >= 0.3 is 6.03 Å². The topological polar surface area (TPSA) is 49.4 Å². The Kier molecular flexibility index (Phi) is 2.44. The fraction of sp³-hybridized carbons (Fsp3) is 0.818. The maximum Gasteiger partial charge on any atom is 0.318 e. The zero-order valence-electron chi connectivity index (χ0n) is 9.38. The number of amides is 2. The van der Waals surface area contributed by atoms with Crippen molar-refractivity contribution in [3.63, 3.8) is 0 Å². The highest BCUT2D eigenvalue weighted by atomic mass is 16.2. The first-order valence-corrected chi connectivity index (χ1v) is 5.59. The summed E-state index contributed by atoms with van der Waals surface area (Å²) in [6.07, 6.45) is 3.52. The van der Waals surface area contributed by atoms with Crippen LogP contribution in [0.25, 0.3) is 0 Å². The van der Waals surface area contributed by atoms with E-state index >= 15 is 0 Å². The van der Waals surface area contributed by atoms with Gasteiger partial charge in [-0.3, -0.25) is 4.79 Å². The Balaban J connectivity index is 2.02. The highest BCUT2D eigenvalue weighted by molar-refractivity contribution is 5.87. The summed E-state index contributed by atoms with van der Waals surface area (Å²) >= 11 is 0. The predicted molar refractivity (Wildman–Crippen MR) is 56.6 cm³/mol. The molecule has 4 heteroatoms. The van der Waals surface area contributed by atoms with Gasteiger partial charge in [0.05, 0.1) is 6.54 Å². The normalized spacial score (nSPS) is 25.2. The number of hydrogen-bond donors (Lipinski definition) is 1. The lowest BCUT2D eigenvalue weighted by molar-refractivity contribution is -0.124. The molecule has 2 aliphatic rings. The van der Waals surface area contributed by atoms with E-state index in [0.717, 1.165) is 19.3 Å². The number of likely N-dealkylation sites (tertiary alicyclic amines) is 1. The van der Waals surface area contributed by atoms with Gasteiger partial charge in [-0.15, -0.1) is 0 Å². The lowest BCUT2D eigenvalue weighted by Crippen LogP contribution is -2.57. The average Bonchev–Trinajstić information content (AvgIpc) is 2.93. The fourth-order valence-electron chi connectivity index (χ4n) is 1.88. The van der Waals surface area contributed by atoms with E-state index in [1.165, 1.54) is 0 Å². The highest BCUT2D eigenvalue weighted by Gasteiger charge is 2.38. The molecule has 2 rings (SSSR count). The first kappa shape index (κ1) is 10.5. The molecule has 0 aromatic heterocycles. The molecule has 0 bridgehead atoms. The minimum Gasteiger partial charge on any atom is -0.335 e. The monoisotopic (exact) mass is 210 g/mol. The molecule has 4 nitrogen and oxygen atoms in total. The minimum atomic E-state index is -0.188. The summed E-state index contributed by atoms with van der Waals surface area (Å²) in [5.41, 5.74) is -0.188. The van der Waals surface area contributed by atoms with E-state index in [-0.39, 0.29) is 23.9 Å².